The first-order valence-electron chi connectivity index (χ1n) is 5.68. The van der Waals surface area contributed by atoms with Crippen LogP contribution in [0.15, 0.2) is 18.2 Å². The molecule has 0 saturated heterocycles. The summed E-state index contributed by atoms with van der Waals surface area (Å²) in [6.07, 6.45) is 0. The van der Waals surface area contributed by atoms with Gasteiger partial charge in [-0.3, -0.25) is 4.79 Å². The number of primary amides is 1. The second kappa shape index (κ2) is 4.81. The van der Waals surface area contributed by atoms with Crippen LogP contribution in [0.1, 0.15) is 13.8 Å². The Morgan fingerprint density at radius 3 is 2.83 bits per heavy atom. The summed E-state index contributed by atoms with van der Waals surface area (Å²) >= 11 is 1.52. The molecule has 5 nitrogen and oxygen atoms in total. The standard InChI is InChI=1S/C12H16N4OS/c1-7(2)16(6-11(14)17)12-15-9-4-3-8(13)5-10(9)18-12/h3-5,7H,6,13H2,1-2H3,(H2,14,17). The third kappa shape index (κ3) is 2.53. The largest absolute Gasteiger partial charge is 0.399 e. The van der Waals surface area contributed by atoms with Crippen molar-refractivity contribution in [3.63, 3.8) is 0 Å². The third-order valence-corrected chi connectivity index (χ3v) is 3.65. The lowest BCUT2D eigenvalue weighted by Crippen LogP contribution is -2.38. The van der Waals surface area contributed by atoms with Crippen molar-refractivity contribution in [3.05, 3.63) is 18.2 Å². The fraction of sp³-hybridized carbons (Fsp3) is 0.333. The van der Waals surface area contributed by atoms with E-state index in [0.29, 0.717) is 5.69 Å². The molecule has 0 radical (unpaired) electrons. The number of rotatable bonds is 4. The first kappa shape index (κ1) is 12.6. The number of anilines is 2. The molecule has 0 bridgehead atoms. The van der Waals surface area contributed by atoms with Gasteiger partial charge in [-0.05, 0) is 32.0 Å². The second-order valence-electron chi connectivity index (χ2n) is 4.41. The Bertz CT molecular complexity index is 578. The fourth-order valence-corrected chi connectivity index (χ4v) is 2.84. The minimum absolute atomic E-state index is 0.162. The Labute approximate surface area is 109 Å². The van der Waals surface area contributed by atoms with Gasteiger partial charge in [-0.1, -0.05) is 11.3 Å². The van der Waals surface area contributed by atoms with E-state index in [9.17, 15) is 4.79 Å². The van der Waals surface area contributed by atoms with Gasteiger partial charge in [-0.15, -0.1) is 0 Å². The number of carbonyl (C=O) groups is 1. The maximum Gasteiger partial charge on any atom is 0.237 e. The van der Waals surface area contributed by atoms with Gasteiger partial charge in [0, 0.05) is 11.7 Å². The molecule has 0 aliphatic carbocycles. The van der Waals surface area contributed by atoms with Crippen molar-refractivity contribution in [2.45, 2.75) is 19.9 Å². The molecule has 96 valence electrons. The van der Waals surface area contributed by atoms with Gasteiger partial charge < -0.3 is 16.4 Å². The number of fused-ring (bicyclic) bond motifs is 1. The summed E-state index contributed by atoms with van der Waals surface area (Å²) in [5.41, 5.74) is 12.6. The first-order valence-corrected chi connectivity index (χ1v) is 6.50. The van der Waals surface area contributed by atoms with E-state index in [1.54, 1.807) is 0 Å². The van der Waals surface area contributed by atoms with Gasteiger partial charge in [0.25, 0.3) is 0 Å². The highest BCUT2D eigenvalue weighted by Gasteiger charge is 2.17. The summed E-state index contributed by atoms with van der Waals surface area (Å²) in [5.74, 6) is -0.359. The molecule has 0 fully saturated rings. The number of hydrogen-bond donors (Lipinski definition) is 2. The lowest BCUT2D eigenvalue weighted by molar-refractivity contribution is -0.116. The zero-order valence-electron chi connectivity index (χ0n) is 10.4. The van der Waals surface area contributed by atoms with Crippen LogP contribution in [0.3, 0.4) is 0 Å². The predicted octanol–water partition coefficient (Wildman–Crippen LogP) is 1.58. The van der Waals surface area contributed by atoms with Crippen molar-refractivity contribution in [1.29, 1.82) is 0 Å². The monoisotopic (exact) mass is 264 g/mol. The van der Waals surface area contributed by atoms with Crippen molar-refractivity contribution < 1.29 is 4.79 Å². The average molecular weight is 264 g/mol. The molecule has 18 heavy (non-hydrogen) atoms. The van der Waals surface area contributed by atoms with Crippen LogP contribution in [-0.2, 0) is 4.79 Å². The Balaban J connectivity index is 2.41. The molecule has 6 heteroatoms. The summed E-state index contributed by atoms with van der Waals surface area (Å²) in [5, 5.41) is 0.796. The molecule has 0 aliphatic heterocycles. The number of benzene rings is 1. The molecule has 0 unspecified atom stereocenters. The van der Waals surface area contributed by atoms with Gasteiger partial charge in [-0.2, -0.15) is 0 Å². The van der Waals surface area contributed by atoms with Gasteiger partial charge in [0.1, 0.15) is 0 Å². The molecule has 1 heterocycles. The van der Waals surface area contributed by atoms with Crippen LogP contribution in [0.25, 0.3) is 10.2 Å². The van der Waals surface area contributed by atoms with Gasteiger partial charge in [0.15, 0.2) is 5.13 Å². The number of carbonyl (C=O) groups excluding carboxylic acids is 1. The molecule has 1 aromatic carbocycles. The highest BCUT2D eigenvalue weighted by molar-refractivity contribution is 7.22. The van der Waals surface area contributed by atoms with Crippen molar-refractivity contribution in [3.8, 4) is 0 Å². The van der Waals surface area contributed by atoms with Gasteiger partial charge in [0.2, 0.25) is 5.91 Å². The minimum atomic E-state index is -0.359. The Morgan fingerprint density at radius 1 is 1.50 bits per heavy atom. The molecular weight excluding hydrogens is 248 g/mol. The Hall–Kier alpha value is -1.82. The summed E-state index contributed by atoms with van der Waals surface area (Å²) in [6.45, 7) is 4.18. The first-order chi connectivity index (χ1) is 8.47. The molecule has 4 N–H and O–H groups in total. The van der Waals surface area contributed by atoms with E-state index >= 15 is 0 Å². The van der Waals surface area contributed by atoms with E-state index in [4.69, 9.17) is 11.5 Å². The van der Waals surface area contributed by atoms with E-state index in [1.807, 2.05) is 36.9 Å². The Kier molecular flexibility index (Phi) is 3.38. The van der Waals surface area contributed by atoms with E-state index < -0.39 is 0 Å². The maximum absolute atomic E-state index is 11.1. The summed E-state index contributed by atoms with van der Waals surface area (Å²) < 4.78 is 1.01. The van der Waals surface area contributed by atoms with Crippen LogP contribution in [0.5, 0.6) is 0 Å². The van der Waals surface area contributed by atoms with Crippen LogP contribution < -0.4 is 16.4 Å². The zero-order chi connectivity index (χ0) is 13.3. The molecule has 2 aromatic rings. The number of nitrogens with two attached hydrogens (primary N) is 2. The van der Waals surface area contributed by atoms with Crippen molar-refractivity contribution >= 4 is 38.3 Å². The maximum atomic E-state index is 11.1. The molecule has 2 rings (SSSR count). The third-order valence-electron chi connectivity index (χ3n) is 2.60. The number of amides is 1. The average Bonchev–Trinajstić information content (AvgIpc) is 2.67. The molecule has 0 saturated carbocycles. The summed E-state index contributed by atoms with van der Waals surface area (Å²) in [4.78, 5) is 17.5. The lowest BCUT2D eigenvalue weighted by Gasteiger charge is -2.24. The van der Waals surface area contributed by atoms with Crippen molar-refractivity contribution in [2.75, 3.05) is 17.2 Å². The second-order valence-corrected chi connectivity index (χ2v) is 5.42. The van der Waals surface area contributed by atoms with Gasteiger partial charge in [-0.25, -0.2) is 4.98 Å². The predicted molar refractivity (Wildman–Crippen MR) is 75.7 cm³/mol. The molecule has 1 amide bonds. The van der Waals surface area contributed by atoms with Gasteiger partial charge in [0.05, 0.1) is 16.8 Å². The summed E-state index contributed by atoms with van der Waals surface area (Å²) in [7, 11) is 0. The molecular formula is C12H16N4OS. The van der Waals surface area contributed by atoms with E-state index in [1.165, 1.54) is 11.3 Å². The zero-order valence-corrected chi connectivity index (χ0v) is 11.2. The minimum Gasteiger partial charge on any atom is -0.399 e. The lowest BCUT2D eigenvalue weighted by atomic mass is 10.3. The number of thiazole rings is 1. The highest BCUT2D eigenvalue weighted by atomic mass is 32.1. The topological polar surface area (TPSA) is 85.2 Å². The number of nitrogen functional groups attached to an aromatic ring is 1. The Morgan fingerprint density at radius 2 is 2.22 bits per heavy atom. The van der Waals surface area contributed by atoms with Crippen molar-refractivity contribution in [1.82, 2.24) is 4.98 Å². The summed E-state index contributed by atoms with van der Waals surface area (Å²) in [6, 6.07) is 5.75. The number of hydrogen-bond acceptors (Lipinski definition) is 5. The van der Waals surface area contributed by atoms with Crippen LogP contribution in [-0.4, -0.2) is 23.5 Å². The molecule has 1 aromatic heterocycles. The molecule has 0 spiro atoms. The smallest absolute Gasteiger partial charge is 0.237 e. The van der Waals surface area contributed by atoms with Gasteiger partial charge >= 0.3 is 0 Å². The van der Waals surface area contributed by atoms with Crippen LogP contribution in [0.2, 0.25) is 0 Å². The van der Waals surface area contributed by atoms with E-state index in [0.717, 1.165) is 15.3 Å². The number of nitrogens with zero attached hydrogens (tertiary/aromatic N) is 2. The van der Waals surface area contributed by atoms with Crippen LogP contribution in [0.4, 0.5) is 10.8 Å². The molecule has 0 atom stereocenters. The van der Waals surface area contributed by atoms with E-state index in [2.05, 4.69) is 4.98 Å². The fourth-order valence-electron chi connectivity index (χ4n) is 1.69. The highest BCUT2D eigenvalue weighted by Crippen LogP contribution is 2.30. The molecule has 0 aliphatic rings. The van der Waals surface area contributed by atoms with Crippen LogP contribution >= 0.6 is 11.3 Å². The van der Waals surface area contributed by atoms with Crippen molar-refractivity contribution in [2.24, 2.45) is 5.73 Å². The normalized spacial score (nSPS) is 11.1. The van der Waals surface area contributed by atoms with Crippen LogP contribution in [0, 0.1) is 0 Å². The quantitative estimate of drug-likeness (QED) is 0.821. The number of aromatic nitrogens is 1. The SMILES string of the molecule is CC(C)N(CC(N)=O)c1nc2ccc(N)cc2s1. The van der Waals surface area contributed by atoms with E-state index in [-0.39, 0.29) is 18.5 Å².